The normalized spacial score (nSPS) is 12.4. The molecule has 0 aliphatic carbocycles. The number of benzene rings is 1. The highest BCUT2D eigenvalue weighted by Gasteiger charge is 2.14. The van der Waals surface area contributed by atoms with Crippen molar-refractivity contribution in [2.75, 3.05) is 0 Å². The Balaban J connectivity index is 2.22. The molecule has 0 aliphatic heterocycles. The minimum absolute atomic E-state index is 0.308. The topological polar surface area (TPSA) is 33.1 Å². The van der Waals surface area contributed by atoms with E-state index in [4.69, 9.17) is 11.6 Å². The van der Waals surface area contributed by atoms with Gasteiger partial charge in [0.2, 0.25) is 0 Å². The first kappa shape index (κ1) is 13.7. The van der Waals surface area contributed by atoms with Gasteiger partial charge in [0.1, 0.15) is 5.82 Å². The lowest BCUT2D eigenvalue weighted by Crippen LogP contribution is -2.05. The van der Waals surface area contributed by atoms with Crippen molar-refractivity contribution in [1.82, 2.24) is 4.98 Å². The quantitative estimate of drug-likeness (QED) is 0.827. The molecule has 1 N–H and O–H groups in total. The zero-order valence-corrected chi connectivity index (χ0v) is 12.2. The summed E-state index contributed by atoms with van der Waals surface area (Å²) < 4.78 is 13.7. The Bertz CT molecular complexity index is 564. The van der Waals surface area contributed by atoms with Crippen LogP contribution in [0.3, 0.4) is 0 Å². The Morgan fingerprint density at radius 2 is 2.17 bits per heavy atom. The van der Waals surface area contributed by atoms with E-state index in [1.165, 1.54) is 12.1 Å². The molecule has 0 spiro atoms. The van der Waals surface area contributed by atoms with Crippen LogP contribution in [0.5, 0.6) is 0 Å². The van der Waals surface area contributed by atoms with E-state index in [0.717, 1.165) is 5.56 Å². The van der Waals surface area contributed by atoms with Crippen LogP contribution in [0.1, 0.15) is 17.2 Å². The van der Waals surface area contributed by atoms with Crippen molar-refractivity contribution in [3.8, 4) is 0 Å². The summed E-state index contributed by atoms with van der Waals surface area (Å²) in [5, 5.41) is 10.7. The number of aromatic nitrogens is 1. The van der Waals surface area contributed by atoms with E-state index < -0.39 is 6.10 Å². The highest BCUT2D eigenvalue weighted by Crippen LogP contribution is 2.26. The van der Waals surface area contributed by atoms with Crippen LogP contribution in [0.25, 0.3) is 0 Å². The molecule has 2 nitrogen and oxygen atoms in total. The van der Waals surface area contributed by atoms with Crippen LogP contribution >= 0.6 is 34.2 Å². The third-order valence-corrected chi connectivity index (χ3v) is 3.87. The highest BCUT2D eigenvalue weighted by molar-refractivity contribution is 14.1. The van der Waals surface area contributed by atoms with Crippen LogP contribution in [-0.2, 0) is 6.42 Å². The van der Waals surface area contributed by atoms with E-state index in [-0.39, 0.29) is 5.82 Å². The summed E-state index contributed by atoms with van der Waals surface area (Å²) in [6.07, 6.45) is 2.84. The molecule has 94 valence electrons. The van der Waals surface area contributed by atoms with Crippen molar-refractivity contribution in [1.29, 1.82) is 0 Å². The summed E-state index contributed by atoms with van der Waals surface area (Å²) in [5.41, 5.74) is 1.52. The van der Waals surface area contributed by atoms with Crippen molar-refractivity contribution in [2.45, 2.75) is 12.5 Å². The Morgan fingerprint density at radius 1 is 1.39 bits per heavy atom. The van der Waals surface area contributed by atoms with E-state index in [1.54, 1.807) is 24.5 Å². The van der Waals surface area contributed by atoms with Crippen LogP contribution in [0.15, 0.2) is 36.7 Å². The molecule has 1 heterocycles. The number of hydrogen-bond acceptors (Lipinski definition) is 2. The molecule has 0 amide bonds. The lowest BCUT2D eigenvalue weighted by Gasteiger charge is -2.13. The predicted molar refractivity (Wildman–Crippen MR) is 77.0 cm³/mol. The standard InChI is InChI=1S/C13H10ClFINO/c14-11-7-17-4-3-8(11)5-13(18)10-2-1-9(15)6-12(10)16/h1-4,6-7,13,18H,5H2. The fraction of sp³-hybridized carbons (Fsp3) is 0.154. The molecule has 1 aromatic heterocycles. The smallest absolute Gasteiger partial charge is 0.124 e. The number of nitrogens with zero attached hydrogens (tertiary/aromatic N) is 1. The fourth-order valence-corrected chi connectivity index (χ4v) is 2.69. The zero-order valence-electron chi connectivity index (χ0n) is 9.28. The molecule has 0 fully saturated rings. The summed E-state index contributed by atoms with van der Waals surface area (Å²) in [4.78, 5) is 3.89. The molecule has 1 aromatic carbocycles. The van der Waals surface area contributed by atoms with Crippen LogP contribution in [0, 0.1) is 9.39 Å². The van der Waals surface area contributed by atoms with E-state index in [9.17, 15) is 9.50 Å². The molecule has 18 heavy (non-hydrogen) atoms. The summed E-state index contributed by atoms with van der Waals surface area (Å²) >= 11 is 7.99. The summed E-state index contributed by atoms with van der Waals surface area (Å²) in [6, 6.07) is 6.10. The third kappa shape index (κ3) is 3.18. The maximum absolute atomic E-state index is 13.0. The van der Waals surface area contributed by atoms with Crippen LogP contribution < -0.4 is 0 Å². The van der Waals surface area contributed by atoms with E-state index in [0.29, 0.717) is 20.6 Å². The number of halogens is 3. The second-order valence-corrected chi connectivity index (χ2v) is 5.42. The molecule has 0 saturated heterocycles. The van der Waals surface area contributed by atoms with Gasteiger partial charge in [-0.3, -0.25) is 4.98 Å². The van der Waals surface area contributed by atoms with Gasteiger partial charge in [-0.05, 0) is 51.9 Å². The third-order valence-electron chi connectivity index (χ3n) is 2.59. The molecule has 0 radical (unpaired) electrons. The maximum atomic E-state index is 13.0. The average molecular weight is 378 g/mol. The Morgan fingerprint density at radius 3 is 2.83 bits per heavy atom. The molecule has 0 bridgehead atoms. The van der Waals surface area contributed by atoms with Crippen LogP contribution in [0.2, 0.25) is 5.02 Å². The molecule has 1 atom stereocenters. The Kier molecular flexibility index (Phi) is 4.53. The van der Waals surface area contributed by atoms with Crippen molar-refractivity contribution in [2.24, 2.45) is 0 Å². The monoisotopic (exact) mass is 377 g/mol. The summed E-state index contributed by atoms with van der Waals surface area (Å²) in [6.45, 7) is 0. The van der Waals surface area contributed by atoms with Gasteiger partial charge in [-0.15, -0.1) is 0 Å². The Hall–Kier alpha value is -0.720. The van der Waals surface area contributed by atoms with Gasteiger partial charge in [-0.2, -0.15) is 0 Å². The Labute approximate surface area is 123 Å². The minimum Gasteiger partial charge on any atom is -0.388 e. The van der Waals surface area contributed by atoms with Crippen molar-refractivity contribution < 1.29 is 9.50 Å². The predicted octanol–water partition coefficient (Wildman–Crippen LogP) is 3.75. The van der Waals surface area contributed by atoms with E-state index in [1.807, 2.05) is 22.6 Å². The number of pyridine rings is 1. The van der Waals surface area contributed by atoms with E-state index in [2.05, 4.69) is 4.98 Å². The number of hydrogen-bond donors (Lipinski definition) is 1. The molecule has 1 unspecified atom stereocenters. The summed E-state index contributed by atoms with van der Waals surface area (Å²) in [7, 11) is 0. The van der Waals surface area contributed by atoms with Gasteiger partial charge < -0.3 is 5.11 Å². The summed E-state index contributed by atoms with van der Waals surface area (Å²) in [5.74, 6) is -0.308. The van der Waals surface area contributed by atoms with Crippen molar-refractivity contribution in [3.05, 3.63) is 62.2 Å². The second-order valence-electron chi connectivity index (χ2n) is 3.85. The van der Waals surface area contributed by atoms with E-state index >= 15 is 0 Å². The lowest BCUT2D eigenvalue weighted by atomic mass is 10.0. The first-order valence-corrected chi connectivity index (χ1v) is 6.75. The first-order chi connectivity index (χ1) is 8.58. The van der Waals surface area contributed by atoms with Gasteiger partial charge in [0.15, 0.2) is 0 Å². The zero-order chi connectivity index (χ0) is 13.1. The number of rotatable bonds is 3. The van der Waals surface area contributed by atoms with Gasteiger partial charge in [0, 0.05) is 22.4 Å². The molecular weight excluding hydrogens is 368 g/mol. The van der Waals surface area contributed by atoms with Gasteiger partial charge in [-0.25, -0.2) is 4.39 Å². The largest absolute Gasteiger partial charge is 0.388 e. The molecule has 2 rings (SSSR count). The van der Waals surface area contributed by atoms with Crippen molar-refractivity contribution >= 4 is 34.2 Å². The number of aliphatic hydroxyl groups excluding tert-OH is 1. The van der Waals surface area contributed by atoms with Crippen LogP contribution in [-0.4, -0.2) is 10.1 Å². The average Bonchev–Trinajstić information content (AvgIpc) is 2.32. The molecular formula is C13H10ClFINO. The van der Waals surface area contributed by atoms with Gasteiger partial charge in [-0.1, -0.05) is 17.7 Å². The lowest BCUT2D eigenvalue weighted by molar-refractivity contribution is 0.177. The van der Waals surface area contributed by atoms with Gasteiger partial charge in [0.05, 0.1) is 11.1 Å². The highest BCUT2D eigenvalue weighted by atomic mass is 127. The van der Waals surface area contributed by atoms with Gasteiger partial charge in [0.25, 0.3) is 0 Å². The minimum atomic E-state index is -0.711. The SMILES string of the molecule is OC(Cc1ccncc1Cl)c1ccc(F)cc1I. The number of aliphatic hydroxyl groups is 1. The molecule has 0 saturated carbocycles. The molecule has 2 aromatic rings. The van der Waals surface area contributed by atoms with Crippen LogP contribution in [0.4, 0.5) is 4.39 Å². The maximum Gasteiger partial charge on any atom is 0.124 e. The van der Waals surface area contributed by atoms with Crippen molar-refractivity contribution in [3.63, 3.8) is 0 Å². The second kappa shape index (κ2) is 5.95. The van der Waals surface area contributed by atoms with Gasteiger partial charge >= 0.3 is 0 Å². The molecule has 5 heteroatoms. The molecule has 0 aliphatic rings. The fourth-order valence-electron chi connectivity index (χ4n) is 1.66. The first-order valence-electron chi connectivity index (χ1n) is 5.29.